The molecule has 0 radical (unpaired) electrons. The predicted octanol–water partition coefficient (Wildman–Crippen LogP) is 3.14. The Balaban J connectivity index is 0.00000108. The summed E-state index contributed by atoms with van der Waals surface area (Å²) in [5.41, 5.74) is 0. The highest BCUT2D eigenvalue weighted by Gasteiger charge is 2.30. The molecule has 0 bridgehead atoms. The fourth-order valence-electron chi connectivity index (χ4n) is 2.84. The molecule has 4 heteroatoms. The van der Waals surface area contributed by atoms with Gasteiger partial charge in [-0.3, -0.25) is 0 Å². The zero-order valence-electron chi connectivity index (χ0n) is 15.9. The van der Waals surface area contributed by atoms with Crippen LogP contribution in [0.5, 0.6) is 0 Å². The Morgan fingerprint density at radius 2 is 1.39 bits per heavy atom. The summed E-state index contributed by atoms with van der Waals surface area (Å²) in [4.78, 5) is 8.89. The van der Waals surface area contributed by atoms with Crippen molar-refractivity contribution >= 4 is 5.97 Å². The quantitative estimate of drug-likeness (QED) is 0.296. The molecule has 1 unspecified atom stereocenters. The van der Waals surface area contributed by atoms with E-state index < -0.39 is 5.97 Å². The van der Waals surface area contributed by atoms with E-state index in [2.05, 4.69) is 21.0 Å². The third kappa shape index (κ3) is 19.3. The molecular weight excluding hydrogens is 290 g/mol. The Labute approximate surface area is 143 Å². The number of quaternary nitrogens is 1. The second-order valence-electron chi connectivity index (χ2n) is 7.47. The molecule has 4 nitrogen and oxygen atoms in total. The molecule has 0 spiro atoms. The van der Waals surface area contributed by atoms with Crippen LogP contribution in [0.1, 0.15) is 78.1 Å². The van der Waals surface area contributed by atoms with Crippen molar-refractivity contribution in [3.8, 4) is 0 Å². The number of rotatable bonds is 13. The van der Waals surface area contributed by atoms with Gasteiger partial charge in [0.25, 0.3) is 0 Å². The van der Waals surface area contributed by atoms with E-state index in [0.29, 0.717) is 6.10 Å². The van der Waals surface area contributed by atoms with Gasteiger partial charge in [-0.2, -0.15) is 0 Å². The van der Waals surface area contributed by atoms with Crippen molar-refractivity contribution in [3.63, 3.8) is 0 Å². The second kappa shape index (κ2) is 13.8. The standard InChI is InChI=1S/C17H36NO.C2H4O2/c1-4-5-6-7-8-9-10-11-12-13-14-18(2,3)15-17-16-19-17;1-2(3)4/h17H,4-16H2,1-3H3;1H3,(H,3,4)/q+1;/p-1. The third-order valence-corrected chi connectivity index (χ3v) is 4.22. The number of hydrogen-bond acceptors (Lipinski definition) is 3. The highest BCUT2D eigenvalue weighted by Crippen LogP contribution is 2.16. The average Bonchev–Trinajstić information content (AvgIpc) is 3.23. The highest BCUT2D eigenvalue weighted by atomic mass is 16.6. The van der Waals surface area contributed by atoms with E-state index in [0.717, 1.165) is 18.0 Å². The van der Waals surface area contributed by atoms with Gasteiger partial charge in [0.2, 0.25) is 0 Å². The van der Waals surface area contributed by atoms with Crippen molar-refractivity contribution in [2.24, 2.45) is 0 Å². The number of likely N-dealkylation sites (N-methyl/N-ethyl adjacent to an activating group) is 1. The number of carboxylic acid groups (broad SMARTS) is 1. The monoisotopic (exact) mass is 329 g/mol. The number of carbonyl (C=O) groups excluding carboxylic acids is 1. The van der Waals surface area contributed by atoms with Crippen molar-refractivity contribution in [1.82, 2.24) is 0 Å². The minimum absolute atomic E-state index is 0.568. The Bertz CT molecular complexity index is 284. The molecule has 0 aromatic rings. The minimum atomic E-state index is -1.08. The number of aliphatic carboxylic acids is 1. The van der Waals surface area contributed by atoms with Gasteiger partial charge in [0.15, 0.2) is 0 Å². The van der Waals surface area contributed by atoms with Crippen molar-refractivity contribution in [1.29, 1.82) is 0 Å². The van der Waals surface area contributed by atoms with E-state index in [9.17, 15) is 0 Å². The van der Waals surface area contributed by atoms with Gasteiger partial charge in [-0.1, -0.05) is 58.3 Å². The van der Waals surface area contributed by atoms with Gasteiger partial charge in [-0.05, 0) is 19.8 Å². The number of unbranched alkanes of at least 4 members (excludes halogenated alkanes) is 9. The molecule has 0 aromatic carbocycles. The van der Waals surface area contributed by atoms with Crippen LogP contribution in [0.2, 0.25) is 0 Å². The van der Waals surface area contributed by atoms with Crippen LogP contribution in [0, 0.1) is 0 Å². The highest BCUT2D eigenvalue weighted by molar-refractivity contribution is 5.60. The van der Waals surface area contributed by atoms with Gasteiger partial charge in [-0.15, -0.1) is 0 Å². The number of nitrogens with zero attached hydrogens (tertiary/aromatic N) is 1. The first-order valence-electron chi connectivity index (χ1n) is 9.48. The molecule has 1 atom stereocenters. The van der Waals surface area contributed by atoms with E-state index >= 15 is 0 Å². The summed E-state index contributed by atoms with van der Waals surface area (Å²) in [6.07, 6.45) is 14.9. The minimum Gasteiger partial charge on any atom is -0.550 e. The normalized spacial score (nSPS) is 16.6. The number of carbonyl (C=O) groups is 1. The summed E-state index contributed by atoms with van der Waals surface area (Å²) in [6, 6.07) is 0. The Morgan fingerprint density at radius 3 is 1.78 bits per heavy atom. The maximum absolute atomic E-state index is 8.89. The number of ether oxygens (including phenoxy) is 1. The van der Waals surface area contributed by atoms with Crippen LogP contribution in [0.3, 0.4) is 0 Å². The summed E-state index contributed by atoms with van der Waals surface area (Å²) in [5.74, 6) is -1.08. The van der Waals surface area contributed by atoms with Gasteiger partial charge in [-0.25, -0.2) is 0 Å². The largest absolute Gasteiger partial charge is 0.550 e. The first kappa shape index (κ1) is 22.4. The zero-order valence-corrected chi connectivity index (χ0v) is 15.9. The van der Waals surface area contributed by atoms with E-state index in [1.54, 1.807) is 0 Å². The van der Waals surface area contributed by atoms with Crippen LogP contribution >= 0.6 is 0 Å². The lowest BCUT2D eigenvalue weighted by molar-refractivity contribution is -0.891. The lowest BCUT2D eigenvalue weighted by Crippen LogP contribution is -2.43. The van der Waals surface area contributed by atoms with Gasteiger partial charge in [0, 0.05) is 5.97 Å². The number of carboxylic acids is 1. The molecule has 138 valence electrons. The van der Waals surface area contributed by atoms with Crippen LogP contribution in [0.15, 0.2) is 0 Å². The smallest absolute Gasteiger partial charge is 0.130 e. The SMILES string of the molecule is CC(=O)[O-].CCCCCCCCCCCC[N+](C)(C)CC1CO1. The molecule has 1 aliphatic rings. The van der Waals surface area contributed by atoms with E-state index in [-0.39, 0.29) is 0 Å². The van der Waals surface area contributed by atoms with Crippen LogP contribution in [-0.4, -0.2) is 50.3 Å². The van der Waals surface area contributed by atoms with Crippen molar-refractivity contribution in [2.45, 2.75) is 84.2 Å². The molecule has 0 aromatic heterocycles. The summed E-state index contributed by atoms with van der Waals surface area (Å²) in [7, 11) is 4.69. The van der Waals surface area contributed by atoms with E-state index in [1.807, 2.05) is 0 Å². The summed E-state index contributed by atoms with van der Waals surface area (Å²) in [5, 5.41) is 8.89. The van der Waals surface area contributed by atoms with Crippen LogP contribution < -0.4 is 5.11 Å². The second-order valence-corrected chi connectivity index (χ2v) is 7.47. The van der Waals surface area contributed by atoms with Crippen molar-refractivity contribution in [3.05, 3.63) is 0 Å². The number of hydrogen-bond donors (Lipinski definition) is 0. The first-order valence-corrected chi connectivity index (χ1v) is 9.48. The zero-order chi connectivity index (χ0) is 17.6. The molecule has 1 heterocycles. The van der Waals surface area contributed by atoms with E-state index in [4.69, 9.17) is 14.6 Å². The summed E-state index contributed by atoms with van der Waals surface area (Å²) >= 11 is 0. The lowest BCUT2D eigenvalue weighted by Gasteiger charge is -2.29. The topological polar surface area (TPSA) is 52.7 Å². The maximum atomic E-state index is 8.89. The van der Waals surface area contributed by atoms with E-state index in [1.165, 1.54) is 77.3 Å². The Hall–Kier alpha value is -0.610. The number of epoxide rings is 1. The fraction of sp³-hybridized carbons (Fsp3) is 0.947. The van der Waals surface area contributed by atoms with Gasteiger partial charge in [0.1, 0.15) is 12.6 Å². The van der Waals surface area contributed by atoms with Crippen LogP contribution in [0.25, 0.3) is 0 Å². The average molecular weight is 330 g/mol. The lowest BCUT2D eigenvalue weighted by atomic mass is 10.1. The summed E-state index contributed by atoms with van der Waals surface area (Å²) < 4.78 is 6.47. The molecule has 0 saturated carbocycles. The van der Waals surface area contributed by atoms with Crippen LogP contribution in [0.4, 0.5) is 0 Å². The fourth-order valence-corrected chi connectivity index (χ4v) is 2.84. The summed E-state index contributed by atoms with van der Waals surface area (Å²) in [6.45, 7) is 6.78. The maximum Gasteiger partial charge on any atom is 0.130 e. The van der Waals surface area contributed by atoms with Crippen LogP contribution in [-0.2, 0) is 9.53 Å². The van der Waals surface area contributed by atoms with Gasteiger partial charge < -0.3 is 19.1 Å². The molecule has 1 fully saturated rings. The molecule has 1 saturated heterocycles. The van der Waals surface area contributed by atoms with Gasteiger partial charge >= 0.3 is 0 Å². The Kier molecular flexibility index (Phi) is 13.4. The van der Waals surface area contributed by atoms with Gasteiger partial charge in [0.05, 0.1) is 27.2 Å². The van der Waals surface area contributed by atoms with Crippen molar-refractivity contribution < 1.29 is 19.1 Å². The molecule has 1 aliphatic heterocycles. The Morgan fingerprint density at radius 1 is 1.00 bits per heavy atom. The molecular formula is C19H39NO3. The molecule has 0 aliphatic carbocycles. The van der Waals surface area contributed by atoms with Crippen molar-refractivity contribution in [2.75, 3.05) is 33.8 Å². The predicted molar refractivity (Wildman–Crippen MR) is 94.1 cm³/mol. The molecule has 23 heavy (non-hydrogen) atoms. The molecule has 1 rings (SSSR count). The molecule has 0 amide bonds. The third-order valence-electron chi connectivity index (χ3n) is 4.22. The molecule has 0 N–H and O–H groups in total. The first-order chi connectivity index (χ1) is 10.9.